The SMILES string of the molecule is COc1ccc2ccccc2c1C(=O)CCCBr. The Hall–Kier alpha value is -1.35. The van der Waals surface area contributed by atoms with Gasteiger partial charge in [0.1, 0.15) is 5.75 Å². The number of ketones is 1. The van der Waals surface area contributed by atoms with E-state index in [1.807, 2.05) is 36.4 Å². The average Bonchev–Trinajstić information content (AvgIpc) is 2.43. The van der Waals surface area contributed by atoms with Crippen molar-refractivity contribution in [3.63, 3.8) is 0 Å². The van der Waals surface area contributed by atoms with E-state index in [2.05, 4.69) is 15.9 Å². The van der Waals surface area contributed by atoms with E-state index in [1.54, 1.807) is 7.11 Å². The van der Waals surface area contributed by atoms with Crippen LogP contribution in [0.15, 0.2) is 36.4 Å². The molecule has 94 valence electrons. The van der Waals surface area contributed by atoms with Gasteiger partial charge in [0.25, 0.3) is 0 Å². The summed E-state index contributed by atoms with van der Waals surface area (Å²) in [7, 11) is 1.60. The van der Waals surface area contributed by atoms with E-state index >= 15 is 0 Å². The fourth-order valence-corrected chi connectivity index (χ4v) is 2.34. The zero-order chi connectivity index (χ0) is 13.0. The van der Waals surface area contributed by atoms with Gasteiger partial charge in [-0.05, 0) is 23.3 Å². The van der Waals surface area contributed by atoms with Crippen LogP contribution in [0.4, 0.5) is 0 Å². The molecule has 0 saturated heterocycles. The minimum Gasteiger partial charge on any atom is -0.496 e. The van der Waals surface area contributed by atoms with Crippen molar-refractivity contribution >= 4 is 32.5 Å². The monoisotopic (exact) mass is 306 g/mol. The molecule has 2 nitrogen and oxygen atoms in total. The molecule has 0 aliphatic rings. The summed E-state index contributed by atoms with van der Waals surface area (Å²) in [6.07, 6.45) is 1.38. The molecule has 0 saturated carbocycles. The predicted octanol–water partition coefficient (Wildman–Crippen LogP) is 4.21. The maximum Gasteiger partial charge on any atom is 0.167 e. The van der Waals surface area contributed by atoms with E-state index in [9.17, 15) is 4.79 Å². The van der Waals surface area contributed by atoms with Crippen molar-refractivity contribution in [3.05, 3.63) is 42.0 Å². The van der Waals surface area contributed by atoms with Gasteiger partial charge in [-0.2, -0.15) is 0 Å². The van der Waals surface area contributed by atoms with Crippen molar-refractivity contribution in [2.75, 3.05) is 12.4 Å². The van der Waals surface area contributed by atoms with E-state index in [4.69, 9.17) is 4.74 Å². The molecule has 0 aromatic heterocycles. The van der Waals surface area contributed by atoms with Crippen LogP contribution >= 0.6 is 15.9 Å². The Balaban J connectivity index is 2.54. The number of alkyl halides is 1. The maximum absolute atomic E-state index is 12.3. The highest BCUT2D eigenvalue weighted by Crippen LogP contribution is 2.29. The lowest BCUT2D eigenvalue weighted by Crippen LogP contribution is -2.03. The first-order chi connectivity index (χ1) is 8.77. The van der Waals surface area contributed by atoms with Crippen molar-refractivity contribution < 1.29 is 9.53 Å². The summed E-state index contributed by atoms with van der Waals surface area (Å²) in [5.74, 6) is 0.802. The molecule has 3 heteroatoms. The van der Waals surface area contributed by atoms with Gasteiger partial charge in [-0.15, -0.1) is 0 Å². The smallest absolute Gasteiger partial charge is 0.167 e. The molecule has 0 spiro atoms. The van der Waals surface area contributed by atoms with E-state index in [0.717, 1.165) is 22.5 Å². The average molecular weight is 307 g/mol. The zero-order valence-electron chi connectivity index (χ0n) is 10.3. The first kappa shape index (κ1) is 13.1. The van der Waals surface area contributed by atoms with Gasteiger partial charge in [0.15, 0.2) is 5.78 Å². The molecule has 0 atom stereocenters. The topological polar surface area (TPSA) is 26.3 Å². The quantitative estimate of drug-likeness (QED) is 0.611. The third-order valence-corrected chi connectivity index (χ3v) is 3.49. The third-order valence-electron chi connectivity index (χ3n) is 2.93. The summed E-state index contributed by atoms with van der Waals surface area (Å²) in [4.78, 5) is 12.3. The van der Waals surface area contributed by atoms with Crippen LogP contribution in [0.25, 0.3) is 10.8 Å². The number of carbonyl (C=O) groups is 1. The second kappa shape index (κ2) is 6.01. The lowest BCUT2D eigenvalue weighted by Gasteiger charge is -2.10. The Labute approximate surface area is 115 Å². The van der Waals surface area contributed by atoms with Crippen LogP contribution < -0.4 is 4.74 Å². The molecule has 0 aliphatic heterocycles. The molecular weight excluding hydrogens is 292 g/mol. The highest BCUT2D eigenvalue weighted by molar-refractivity contribution is 9.09. The van der Waals surface area contributed by atoms with Crippen LogP contribution in [-0.4, -0.2) is 18.2 Å². The van der Waals surface area contributed by atoms with Crippen molar-refractivity contribution in [1.29, 1.82) is 0 Å². The largest absolute Gasteiger partial charge is 0.496 e. The second-order valence-electron chi connectivity index (χ2n) is 4.08. The number of carbonyl (C=O) groups excluding carboxylic acids is 1. The van der Waals surface area contributed by atoms with Gasteiger partial charge in [0.05, 0.1) is 12.7 Å². The molecule has 0 amide bonds. The van der Waals surface area contributed by atoms with E-state index in [1.165, 1.54) is 0 Å². The van der Waals surface area contributed by atoms with Gasteiger partial charge in [0, 0.05) is 11.8 Å². The minimum atomic E-state index is 0.142. The standard InChI is InChI=1S/C15H15BrO2/c1-18-14-9-8-11-5-2-3-6-12(11)15(14)13(17)7-4-10-16/h2-3,5-6,8-9H,4,7,10H2,1H3. The van der Waals surface area contributed by atoms with Crippen LogP contribution in [0.1, 0.15) is 23.2 Å². The number of hydrogen-bond acceptors (Lipinski definition) is 2. The Morgan fingerprint density at radius 2 is 2.00 bits per heavy atom. The first-order valence-electron chi connectivity index (χ1n) is 5.93. The van der Waals surface area contributed by atoms with Gasteiger partial charge in [-0.3, -0.25) is 4.79 Å². The molecule has 2 aromatic rings. The lowest BCUT2D eigenvalue weighted by molar-refractivity contribution is 0.0981. The summed E-state index contributed by atoms with van der Waals surface area (Å²) in [5, 5.41) is 2.88. The van der Waals surface area contributed by atoms with Gasteiger partial charge in [-0.1, -0.05) is 46.3 Å². The van der Waals surface area contributed by atoms with Gasteiger partial charge in [0.2, 0.25) is 0 Å². The summed E-state index contributed by atoms with van der Waals surface area (Å²) >= 11 is 3.35. The van der Waals surface area contributed by atoms with Crippen molar-refractivity contribution in [1.82, 2.24) is 0 Å². The Morgan fingerprint density at radius 1 is 1.22 bits per heavy atom. The zero-order valence-corrected chi connectivity index (χ0v) is 11.9. The molecule has 18 heavy (non-hydrogen) atoms. The second-order valence-corrected chi connectivity index (χ2v) is 4.87. The van der Waals surface area contributed by atoms with Crippen molar-refractivity contribution in [2.24, 2.45) is 0 Å². The summed E-state index contributed by atoms with van der Waals surface area (Å²) in [6, 6.07) is 11.7. The molecule has 0 aliphatic carbocycles. The third kappa shape index (κ3) is 2.56. The van der Waals surface area contributed by atoms with E-state index in [-0.39, 0.29) is 5.78 Å². The predicted molar refractivity (Wildman–Crippen MR) is 77.9 cm³/mol. The Kier molecular flexibility index (Phi) is 4.37. The maximum atomic E-state index is 12.3. The number of ether oxygens (including phenoxy) is 1. The molecule has 0 bridgehead atoms. The number of fused-ring (bicyclic) bond motifs is 1. The number of halogens is 1. The van der Waals surface area contributed by atoms with Crippen molar-refractivity contribution in [3.8, 4) is 5.75 Å². The fraction of sp³-hybridized carbons (Fsp3) is 0.267. The van der Waals surface area contributed by atoms with Gasteiger partial charge in [-0.25, -0.2) is 0 Å². The molecule has 2 aromatic carbocycles. The number of benzene rings is 2. The molecule has 0 unspecified atom stereocenters. The van der Waals surface area contributed by atoms with Crippen LogP contribution in [0.2, 0.25) is 0 Å². The first-order valence-corrected chi connectivity index (χ1v) is 7.05. The van der Waals surface area contributed by atoms with Crippen molar-refractivity contribution in [2.45, 2.75) is 12.8 Å². The van der Waals surface area contributed by atoms with Crippen LogP contribution in [0.3, 0.4) is 0 Å². The van der Waals surface area contributed by atoms with Gasteiger partial charge >= 0.3 is 0 Å². The van der Waals surface area contributed by atoms with Gasteiger partial charge < -0.3 is 4.74 Å². The Morgan fingerprint density at radius 3 is 2.72 bits per heavy atom. The Bertz CT molecular complexity index is 563. The minimum absolute atomic E-state index is 0.142. The molecule has 0 heterocycles. The number of rotatable bonds is 5. The molecule has 2 rings (SSSR count). The molecule has 0 N–H and O–H groups in total. The normalized spacial score (nSPS) is 10.6. The number of hydrogen-bond donors (Lipinski definition) is 0. The molecule has 0 fully saturated rings. The van der Waals surface area contributed by atoms with Crippen LogP contribution in [0.5, 0.6) is 5.75 Å². The fourth-order valence-electron chi connectivity index (χ4n) is 2.06. The van der Waals surface area contributed by atoms with E-state index < -0.39 is 0 Å². The summed E-state index contributed by atoms with van der Waals surface area (Å²) < 4.78 is 5.32. The summed E-state index contributed by atoms with van der Waals surface area (Å²) in [5.41, 5.74) is 0.705. The summed E-state index contributed by atoms with van der Waals surface area (Å²) in [6.45, 7) is 0. The molecular formula is C15H15BrO2. The van der Waals surface area contributed by atoms with E-state index in [0.29, 0.717) is 17.7 Å². The number of methoxy groups -OCH3 is 1. The lowest BCUT2D eigenvalue weighted by atomic mass is 9.98. The highest BCUT2D eigenvalue weighted by atomic mass is 79.9. The molecule has 0 radical (unpaired) electrons. The van der Waals surface area contributed by atoms with Crippen LogP contribution in [0, 0.1) is 0 Å². The highest BCUT2D eigenvalue weighted by Gasteiger charge is 2.15. The number of Topliss-reactive ketones (excluding diaryl/α,β-unsaturated/α-hetero) is 1. The van der Waals surface area contributed by atoms with Crippen LogP contribution in [-0.2, 0) is 0 Å².